The van der Waals surface area contributed by atoms with Gasteiger partial charge >= 0.3 is 0 Å². The SMILES string of the molecule is Cc1cnc(-c2nc(Cl)c(I)c(Cl)n2)c(C)c1. The van der Waals surface area contributed by atoms with Crippen LogP contribution in [0.15, 0.2) is 12.3 Å². The van der Waals surface area contributed by atoms with Crippen molar-refractivity contribution >= 4 is 45.8 Å². The Morgan fingerprint density at radius 2 is 1.71 bits per heavy atom. The predicted molar refractivity (Wildman–Crippen MR) is 77.5 cm³/mol. The Balaban J connectivity index is 2.61. The molecule has 17 heavy (non-hydrogen) atoms. The summed E-state index contributed by atoms with van der Waals surface area (Å²) in [5, 5.41) is 0.699. The van der Waals surface area contributed by atoms with Gasteiger partial charge in [0.2, 0.25) is 0 Å². The van der Waals surface area contributed by atoms with Gasteiger partial charge in [0, 0.05) is 6.20 Å². The maximum atomic E-state index is 5.98. The smallest absolute Gasteiger partial charge is 0.181 e. The zero-order valence-corrected chi connectivity index (χ0v) is 12.8. The van der Waals surface area contributed by atoms with Crippen molar-refractivity contribution in [3.8, 4) is 11.5 Å². The van der Waals surface area contributed by atoms with Crippen LogP contribution in [0.2, 0.25) is 10.3 Å². The minimum absolute atomic E-state index is 0.349. The summed E-state index contributed by atoms with van der Waals surface area (Å²) in [7, 11) is 0. The molecule has 0 aliphatic rings. The molecule has 0 bridgehead atoms. The molecule has 0 aliphatic carbocycles. The van der Waals surface area contributed by atoms with E-state index in [4.69, 9.17) is 23.2 Å². The summed E-state index contributed by atoms with van der Waals surface area (Å²) in [4.78, 5) is 12.7. The van der Waals surface area contributed by atoms with Gasteiger partial charge in [0.25, 0.3) is 0 Å². The molecule has 3 nitrogen and oxygen atoms in total. The van der Waals surface area contributed by atoms with Crippen molar-refractivity contribution in [1.29, 1.82) is 0 Å². The van der Waals surface area contributed by atoms with Crippen LogP contribution in [0.4, 0.5) is 0 Å². The van der Waals surface area contributed by atoms with Crippen LogP contribution in [0.1, 0.15) is 11.1 Å². The fourth-order valence-electron chi connectivity index (χ4n) is 1.45. The molecule has 2 rings (SSSR count). The van der Waals surface area contributed by atoms with E-state index < -0.39 is 0 Å². The lowest BCUT2D eigenvalue weighted by Crippen LogP contribution is -1.98. The topological polar surface area (TPSA) is 38.7 Å². The van der Waals surface area contributed by atoms with Crippen molar-refractivity contribution in [2.75, 3.05) is 0 Å². The molecular weight excluding hydrogens is 372 g/mol. The number of hydrogen-bond donors (Lipinski definition) is 0. The summed E-state index contributed by atoms with van der Waals surface area (Å²) >= 11 is 14.0. The van der Waals surface area contributed by atoms with E-state index in [0.29, 0.717) is 25.4 Å². The highest BCUT2D eigenvalue weighted by atomic mass is 127. The number of nitrogens with zero attached hydrogens (tertiary/aromatic N) is 3. The molecule has 0 saturated heterocycles. The lowest BCUT2D eigenvalue weighted by Gasteiger charge is -2.06. The molecular formula is C11H8Cl2IN3. The van der Waals surface area contributed by atoms with E-state index in [2.05, 4.69) is 15.0 Å². The maximum Gasteiger partial charge on any atom is 0.181 e. The van der Waals surface area contributed by atoms with Crippen molar-refractivity contribution in [3.63, 3.8) is 0 Å². The van der Waals surface area contributed by atoms with E-state index in [1.54, 1.807) is 6.20 Å². The van der Waals surface area contributed by atoms with Crippen molar-refractivity contribution in [1.82, 2.24) is 15.0 Å². The molecule has 0 spiro atoms. The molecule has 0 amide bonds. The van der Waals surface area contributed by atoms with Gasteiger partial charge in [-0.1, -0.05) is 29.3 Å². The third-order valence-corrected chi connectivity index (χ3v) is 4.40. The Labute approximate surface area is 123 Å². The summed E-state index contributed by atoms with van der Waals surface area (Å²) < 4.78 is 0.652. The molecule has 2 aromatic rings. The molecule has 0 aliphatic heterocycles. The Bertz CT molecular complexity index is 564. The molecule has 0 unspecified atom stereocenters. The van der Waals surface area contributed by atoms with Crippen LogP contribution >= 0.6 is 45.8 Å². The molecule has 2 heterocycles. The van der Waals surface area contributed by atoms with Crippen LogP contribution in [0.25, 0.3) is 11.5 Å². The largest absolute Gasteiger partial charge is 0.252 e. The van der Waals surface area contributed by atoms with E-state index in [1.807, 2.05) is 42.5 Å². The van der Waals surface area contributed by atoms with E-state index >= 15 is 0 Å². The number of hydrogen-bond acceptors (Lipinski definition) is 3. The molecule has 0 radical (unpaired) electrons. The van der Waals surface area contributed by atoms with Crippen LogP contribution in [-0.4, -0.2) is 15.0 Å². The number of aromatic nitrogens is 3. The zero-order chi connectivity index (χ0) is 12.6. The number of pyridine rings is 1. The van der Waals surface area contributed by atoms with Crippen LogP contribution in [0.5, 0.6) is 0 Å². The molecule has 0 fully saturated rings. The van der Waals surface area contributed by atoms with Gasteiger partial charge < -0.3 is 0 Å². The molecule has 6 heteroatoms. The number of aryl methyl sites for hydroxylation is 2. The third kappa shape index (κ3) is 2.69. The first kappa shape index (κ1) is 13.0. The minimum atomic E-state index is 0.349. The molecule has 88 valence electrons. The second kappa shape index (κ2) is 5.04. The maximum absolute atomic E-state index is 5.98. The number of rotatable bonds is 1. The van der Waals surface area contributed by atoms with E-state index in [1.165, 1.54) is 0 Å². The molecule has 0 saturated carbocycles. The monoisotopic (exact) mass is 379 g/mol. The van der Waals surface area contributed by atoms with Gasteiger partial charge in [0.1, 0.15) is 16.0 Å². The first-order valence-electron chi connectivity index (χ1n) is 4.81. The van der Waals surface area contributed by atoms with Crippen LogP contribution in [0.3, 0.4) is 0 Å². The highest BCUT2D eigenvalue weighted by molar-refractivity contribution is 14.1. The first-order chi connectivity index (χ1) is 7.99. The summed E-state index contributed by atoms with van der Waals surface area (Å²) in [6, 6.07) is 2.02. The second-order valence-electron chi connectivity index (χ2n) is 3.62. The van der Waals surface area contributed by atoms with Gasteiger partial charge in [-0.2, -0.15) is 0 Å². The highest BCUT2D eigenvalue weighted by Gasteiger charge is 2.13. The third-order valence-electron chi connectivity index (χ3n) is 2.20. The Morgan fingerprint density at radius 1 is 1.12 bits per heavy atom. The lowest BCUT2D eigenvalue weighted by molar-refractivity contribution is 1.10. The molecule has 0 aromatic carbocycles. The standard InChI is InChI=1S/C11H8Cl2IN3/c1-5-3-6(2)8(15-4-5)11-16-9(12)7(14)10(13)17-11/h3-4H,1-2H3. The molecule has 2 aromatic heterocycles. The van der Waals surface area contributed by atoms with Crippen LogP contribution in [0, 0.1) is 17.4 Å². The predicted octanol–water partition coefficient (Wildman–Crippen LogP) is 4.07. The van der Waals surface area contributed by atoms with E-state index in [0.717, 1.165) is 11.1 Å². The van der Waals surface area contributed by atoms with E-state index in [9.17, 15) is 0 Å². The molecule has 0 N–H and O–H groups in total. The fourth-order valence-corrected chi connectivity index (χ4v) is 2.08. The first-order valence-corrected chi connectivity index (χ1v) is 6.64. The Morgan fingerprint density at radius 3 is 2.24 bits per heavy atom. The van der Waals surface area contributed by atoms with Crippen molar-refractivity contribution in [2.45, 2.75) is 13.8 Å². The summed E-state index contributed by atoms with van der Waals surface area (Å²) in [6.45, 7) is 3.94. The van der Waals surface area contributed by atoms with Gasteiger partial charge in [0.05, 0.1) is 3.57 Å². The Kier molecular flexibility index (Phi) is 3.85. The van der Waals surface area contributed by atoms with Crippen molar-refractivity contribution < 1.29 is 0 Å². The minimum Gasteiger partial charge on any atom is -0.252 e. The lowest BCUT2D eigenvalue weighted by atomic mass is 10.1. The van der Waals surface area contributed by atoms with Crippen LogP contribution < -0.4 is 0 Å². The second-order valence-corrected chi connectivity index (χ2v) is 5.42. The normalized spacial score (nSPS) is 10.6. The van der Waals surface area contributed by atoms with Gasteiger partial charge in [-0.25, -0.2) is 9.97 Å². The van der Waals surface area contributed by atoms with E-state index in [-0.39, 0.29) is 0 Å². The van der Waals surface area contributed by atoms with Gasteiger partial charge in [-0.05, 0) is 47.6 Å². The fraction of sp³-hybridized carbons (Fsp3) is 0.182. The van der Waals surface area contributed by atoms with Gasteiger partial charge in [-0.15, -0.1) is 0 Å². The summed E-state index contributed by atoms with van der Waals surface area (Å²) in [6.07, 6.45) is 1.77. The highest BCUT2D eigenvalue weighted by Crippen LogP contribution is 2.27. The number of halogens is 3. The summed E-state index contributed by atoms with van der Waals surface area (Å²) in [5.74, 6) is 0.456. The Hall–Kier alpha value is -0.460. The quantitative estimate of drug-likeness (QED) is 0.553. The average molecular weight is 380 g/mol. The van der Waals surface area contributed by atoms with Crippen molar-refractivity contribution in [3.05, 3.63) is 37.3 Å². The zero-order valence-electron chi connectivity index (χ0n) is 9.13. The van der Waals surface area contributed by atoms with Crippen LogP contribution in [-0.2, 0) is 0 Å². The average Bonchev–Trinajstić information content (AvgIpc) is 2.25. The van der Waals surface area contributed by atoms with Gasteiger partial charge in [0.15, 0.2) is 5.82 Å². The molecule has 0 atom stereocenters. The summed E-state index contributed by atoms with van der Waals surface area (Å²) in [5.41, 5.74) is 2.79. The van der Waals surface area contributed by atoms with Crippen molar-refractivity contribution in [2.24, 2.45) is 0 Å². The van der Waals surface area contributed by atoms with Gasteiger partial charge in [-0.3, -0.25) is 4.98 Å².